The van der Waals surface area contributed by atoms with Crippen LogP contribution in [-0.4, -0.2) is 33.7 Å². The van der Waals surface area contributed by atoms with Gasteiger partial charge in [0.15, 0.2) is 0 Å². The van der Waals surface area contributed by atoms with Crippen molar-refractivity contribution in [2.24, 2.45) is 0 Å². The quantitative estimate of drug-likeness (QED) is 0.470. The Balaban J connectivity index is 3.26. The minimum atomic E-state index is -3.86. The number of nitro benzene ring substituents is 1. The monoisotopic (exact) mass is 325 g/mol. The van der Waals surface area contributed by atoms with Gasteiger partial charge >= 0.3 is 88.5 Å². The van der Waals surface area contributed by atoms with E-state index < -0.39 is 32.3 Å². The maximum absolute atomic E-state index is 12.2. The van der Waals surface area contributed by atoms with Crippen molar-refractivity contribution >= 4 is 33.0 Å². The number of nitro groups is 1. The van der Waals surface area contributed by atoms with Crippen molar-refractivity contribution in [3.63, 3.8) is 0 Å². The second-order valence-corrected chi connectivity index (χ2v) is 9.89. The van der Waals surface area contributed by atoms with Crippen LogP contribution in [0.5, 0.6) is 0 Å². The zero-order chi connectivity index (χ0) is 10.8. The molecule has 1 rings (SSSR count). The molecule has 0 N–H and O–H groups in total. The summed E-state index contributed by atoms with van der Waals surface area (Å²) in [6.07, 6.45) is 0. The molecule has 0 aliphatic heterocycles. The molecule has 0 aromatic heterocycles. The second-order valence-electron chi connectivity index (χ2n) is 2.34. The zero-order valence-electron chi connectivity index (χ0n) is 6.68. The molecule has 0 fully saturated rings. The molecule has 0 aliphatic rings. The molecule has 74 valence electrons. The van der Waals surface area contributed by atoms with Gasteiger partial charge in [-0.2, -0.15) is 0 Å². The molecule has 0 aliphatic carbocycles. The SMILES string of the molecule is O=[N+]([O-])c1cccc([S](=O)(=O)[Sn][F])c1. The van der Waals surface area contributed by atoms with Gasteiger partial charge in [-0.25, -0.2) is 0 Å². The fraction of sp³-hybridized carbons (Fsp3) is 0. The predicted octanol–water partition coefficient (Wildman–Crippen LogP) is 0.872. The van der Waals surface area contributed by atoms with Gasteiger partial charge < -0.3 is 0 Å². The Morgan fingerprint density at radius 1 is 1.43 bits per heavy atom. The first kappa shape index (κ1) is 11.4. The van der Waals surface area contributed by atoms with E-state index in [0.29, 0.717) is 0 Å². The Kier molecular flexibility index (Phi) is 3.42. The van der Waals surface area contributed by atoms with Crippen LogP contribution in [0, 0.1) is 10.1 Å². The van der Waals surface area contributed by atoms with Gasteiger partial charge in [0.2, 0.25) is 0 Å². The molecule has 1 aromatic carbocycles. The molecule has 0 bridgehead atoms. The summed E-state index contributed by atoms with van der Waals surface area (Å²) in [7, 11) is -3.86. The van der Waals surface area contributed by atoms with E-state index in [4.69, 9.17) is 0 Å². The van der Waals surface area contributed by atoms with E-state index >= 15 is 0 Å². The first-order valence-corrected chi connectivity index (χ1v) is 9.40. The Morgan fingerprint density at radius 3 is 2.57 bits per heavy atom. The maximum atomic E-state index is 12.2. The molecule has 0 saturated heterocycles. The summed E-state index contributed by atoms with van der Waals surface area (Å²) >= 11 is -3.01. The van der Waals surface area contributed by atoms with Crippen molar-refractivity contribution in [3.05, 3.63) is 34.4 Å². The molecule has 2 radical (unpaired) electrons. The van der Waals surface area contributed by atoms with E-state index in [-0.39, 0.29) is 10.6 Å². The number of hydrogen-bond acceptors (Lipinski definition) is 4. The number of hydrogen-bond donors (Lipinski definition) is 0. The summed E-state index contributed by atoms with van der Waals surface area (Å²) in [5, 5.41) is 10.3. The molecule has 14 heavy (non-hydrogen) atoms. The standard InChI is InChI=1S/C6H4NO4S.FH.Sn/c8-7(9)5-2-1-3-6(4-5)12(10)11;;/h1-4H;1H;/q;;+1/p-1. The van der Waals surface area contributed by atoms with Gasteiger partial charge in [0, 0.05) is 0 Å². The van der Waals surface area contributed by atoms with Crippen LogP contribution in [0.3, 0.4) is 0 Å². The third-order valence-electron chi connectivity index (χ3n) is 1.44. The molecular weight excluding hydrogens is 320 g/mol. The van der Waals surface area contributed by atoms with Gasteiger partial charge in [-0.3, -0.25) is 0 Å². The van der Waals surface area contributed by atoms with E-state index in [1.165, 1.54) is 6.07 Å². The number of nitrogens with zero attached hydrogens (tertiary/aromatic N) is 1. The summed E-state index contributed by atoms with van der Waals surface area (Å²) in [4.78, 5) is 9.27. The zero-order valence-corrected chi connectivity index (χ0v) is 10.3. The van der Waals surface area contributed by atoms with Gasteiger partial charge in [-0.15, -0.1) is 0 Å². The first-order chi connectivity index (χ1) is 6.47. The average molecular weight is 324 g/mol. The molecule has 1 aromatic rings. The van der Waals surface area contributed by atoms with Crippen LogP contribution in [0.1, 0.15) is 0 Å². The summed E-state index contributed by atoms with van der Waals surface area (Å²) in [5.74, 6) is 0. The van der Waals surface area contributed by atoms with Crippen LogP contribution in [0.25, 0.3) is 0 Å². The van der Waals surface area contributed by atoms with Crippen LogP contribution in [0.4, 0.5) is 8.55 Å². The fourth-order valence-corrected chi connectivity index (χ4v) is 3.28. The average Bonchev–Trinajstić information content (AvgIpc) is 2.18. The number of non-ortho nitro benzene ring substituents is 1. The molecule has 0 saturated carbocycles. The van der Waals surface area contributed by atoms with Crippen LogP contribution in [0.2, 0.25) is 0 Å². The van der Waals surface area contributed by atoms with Gasteiger partial charge in [-0.1, -0.05) is 0 Å². The van der Waals surface area contributed by atoms with Crippen molar-refractivity contribution in [2.75, 3.05) is 0 Å². The summed E-state index contributed by atoms with van der Waals surface area (Å²) in [6.45, 7) is 0. The van der Waals surface area contributed by atoms with Gasteiger partial charge in [0.25, 0.3) is 0 Å². The van der Waals surface area contributed by atoms with Gasteiger partial charge in [0.05, 0.1) is 0 Å². The topological polar surface area (TPSA) is 77.3 Å². The Labute approximate surface area is 88.5 Å². The van der Waals surface area contributed by atoms with E-state index in [9.17, 15) is 21.4 Å². The van der Waals surface area contributed by atoms with Crippen LogP contribution in [0.15, 0.2) is 29.2 Å². The third kappa shape index (κ3) is 2.41. The minimum absolute atomic E-state index is 0.305. The summed E-state index contributed by atoms with van der Waals surface area (Å²) in [6, 6.07) is 4.40. The van der Waals surface area contributed by atoms with Crippen molar-refractivity contribution < 1.29 is 16.2 Å². The number of rotatable bonds is 3. The van der Waals surface area contributed by atoms with E-state index in [2.05, 4.69) is 0 Å². The summed E-state index contributed by atoms with van der Waals surface area (Å²) in [5.41, 5.74) is -0.348. The second kappa shape index (κ2) is 4.22. The van der Waals surface area contributed by atoms with Crippen molar-refractivity contribution in [2.45, 2.75) is 4.90 Å². The van der Waals surface area contributed by atoms with Crippen LogP contribution < -0.4 is 0 Å². The van der Waals surface area contributed by atoms with Crippen molar-refractivity contribution in [1.82, 2.24) is 0 Å². The van der Waals surface area contributed by atoms with Gasteiger partial charge in [0.1, 0.15) is 0 Å². The Bertz CT molecular complexity index is 461. The van der Waals surface area contributed by atoms with Crippen molar-refractivity contribution in [3.8, 4) is 0 Å². The van der Waals surface area contributed by atoms with Gasteiger partial charge in [-0.05, 0) is 0 Å². The van der Waals surface area contributed by atoms with Crippen molar-refractivity contribution in [1.29, 1.82) is 0 Å². The van der Waals surface area contributed by atoms with E-state index in [0.717, 1.165) is 18.2 Å². The Morgan fingerprint density at radius 2 is 2.07 bits per heavy atom. The normalized spacial score (nSPS) is 11.2. The molecular formula is C6H4FNO4SSn. The molecule has 0 spiro atoms. The molecule has 0 amide bonds. The molecule has 8 heteroatoms. The fourth-order valence-electron chi connectivity index (χ4n) is 0.809. The number of halogens is 1. The molecule has 0 unspecified atom stereocenters. The van der Waals surface area contributed by atoms with Crippen LogP contribution in [-0.2, 0) is 7.02 Å². The number of benzene rings is 1. The van der Waals surface area contributed by atoms with Crippen LogP contribution >= 0.6 is 0 Å². The Hall–Kier alpha value is -0.701. The summed E-state index contributed by atoms with van der Waals surface area (Å²) < 4.78 is 34.3. The molecule has 0 heterocycles. The third-order valence-corrected chi connectivity index (χ3v) is 6.28. The first-order valence-electron chi connectivity index (χ1n) is 3.34. The molecule has 0 atom stereocenters. The van der Waals surface area contributed by atoms with E-state index in [1.807, 2.05) is 0 Å². The predicted molar refractivity (Wildman–Crippen MR) is 47.1 cm³/mol. The van der Waals surface area contributed by atoms with E-state index in [1.54, 1.807) is 0 Å². The molecule has 5 nitrogen and oxygen atoms in total.